The third-order valence-electron chi connectivity index (χ3n) is 5.72. The van der Waals surface area contributed by atoms with Crippen LogP contribution in [0.2, 0.25) is 0 Å². The van der Waals surface area contributed by atoms with Gasteiger partial charge in [0.1, 0.15) is 0 Å². The van der Waals surface area contributed by atoms with E-state index in [1.165, 1.54) is 36.1 Å². The molecule has 1 fully saturated rings. The summed E-state index contributed by atoms with van der Waals surface area (Å²) in [6, 6.07) is 16.7. The molecule has 4 nitrogen and oxygen atoms in total. The molecule has 0 amide bonds. The first kappa shape index (κ1) is 20.4. The summed E-state index contributed by atoms with van der Waals surface area (Å²) < 4.78 is 0. The van der Waals surface area contributed by atoms with Crippen molar-refractivity contribution in [3.05, 3.63) is 64.7 Å². The summed E-state index contributed by atoms with van der Waals surface area (Å²) in [7, 11) is 0. The second kappa shape index (κ2) is 9.73. The number of hydrogen-bond acceptors (Lipinski definition) is 4. The highest BCUT2D eigenvalue weighted by atomic mass is 15.3. The Morgan fingerprint density at radius 1 is 1.07 bits per heavy atom. The molecular weight excluding hydrogens is 344 g/mol. The monoisotopic (exact) mass is 376 g/mol. The lowest BCUT2D eigenvalue weighted by Gasteiger charge is -2.38. The molecule has 1 aliphatic rings. The molecule has 1 unspecified atom stereocenters. The third kappa shape index (κ3) is 5.13. The normalized spacial score (nSPS) is 16.0. The van der Waals surface area contributed by atoms with Crippen LogP contribution >= 0.6 is 0 Å². The summed E-state index contributed by atoms with van der Waals surface area (Å²) in [5.74, 6) is 0. The van der Waals surface area contributed by atoms with E-state index in [1.54, 1.807) is 0 Å². The van der Waals surface area contributed by atoms with Crippen molar-refractivity contribution >= 4 is 5.69 Å². The number of hydrogen-bond donors (Lipinski definition) is 1. The van der Waals surface area contributed by atoms with E-state index in [0.29, 0.717) is 5.56 Å². The van der Waals surface area contributed by atoms with Gasteiger partial charge in [-0.15, -0.1) is 0 Å². The smallest absolute Gasteiger partial charge is 0.0991 e. The van der Waals surface area contributed by atoms with Gasteiger partial charge in [-0.25, -0.2) is 0 Å². The van der Waals surface area contributed by atoms with Crippen molar-refractivity contribution in [2.45, 2.75) is 39.2 Å². The van der Waals surface area contributed by atoms with E-state index in [0.717, 1.165) is 38.3 Å². The topological polar surface area (TPSA) is 56.3 Å². The van der Waals surface area contributed by atoms with Crippen molar-refractivity contribution in [3.8, 4) is 6.07 Å². The molecule has 1 atom stereocenters. The minimum Gasteiger partial charge on any atom is -0.369 e. The van der Waals surface area contributed by atoms with Gasteiger partial charge in [0.2, 0.25) is 0 Å². The van der Waals surface area contributed by atoms with E-state index in [-0.39, 0.29) is 6.04 Å². The zero-order valence-electron chi connectivity index (χ0n) is 17.2. The van der Waals surface area contributed by atoms with Crippen molar-refractivity contribution in [1.82, 2.24) is 4.90 Å². The lowest BCUT2D eigenvalue weighted by Crippen LogP contribution is -2.48. The zero-order valence-corrected chi connectivity index (χ0v) is 17.2. The first-order chi connectivity index (χ1) is 13.6. The zero-order chi connectivity index (χ0) is 19.9. The van der Waals surface area contributed by atoms with Crippen molar-refractivity contribution in [2.75, 3.05) is 37.6 Å². The van der Waals surface area contributed by atoms with Crippen LogP contribution in [0, 0.1) is 18.3 Å². The van der Waals surface area contributed by atoms with Crippen molar-refractivity contribution in [2.24, 2.45) is 5.73 Å². The predicted molar refractivity (Wildman–Crippen MR) is 117 cm³/mol. The summed E-state index contributed by atoms with van der Waals surface area (Å²) in [6.07, 6.45) is 3.68. The fourth-order valence-electron chi connectivity index (χ4n) is 3.97. The maximum atomic E-state index is 8.93. The molecule has 2 aromatic carbocycles. The van der Waals surface area contributed by atoms with Crippen LogP contribution in [-0.4, -0.2) is 37.6 Å². The quantitative estimate of drug-likeness (QED) is 0.793. The Morgan fingerprint density at radius 2 is 1.79 bits per heavy atom. The Morgan fingerprint density at radius 3 is 2.39 bits per heavy atom. The minimum absolute atomic E-state index is 0.0149. The average molecular weight is 377 g/mol. The highest BCUT2D eigenvalue weighted by Crippen LogP contribution is 2.24. The Bertz CT molecular complexity index is 798. The standard InChI is InChI=1S/C24H32N4/c1-3-4-5-20-8-11-24(19(2)16-20)28-14-12-27(13-15-28)18-23(26)22-9-6-21(17-25)7-10-22/h6-11,16,23H,3-5,12-15,18,26H2,1-2H3. The molecule has 2 N–H and O–H groups in total. The summed E-state index contributed by atoms with van der Waals surface area (Å²) >= 11 is 0. The van der Waals surface area contributed by atoms with Crippen LogP contribution in [0.15, 0.2) is 42.5 Å². The summed E-state index contributed by atoms with van der Waals surface area (Å²) in [5, 5.41) is 8.93. The molecular formula is C24H32N4. The lowest BCUT2D eigenvalue weighted by molar-refractivity contribution is 0.243. The largest absolute Gasteiger partial charge is 0.369 e. The van der Waals surface area contributed by atoms with Gasteiger partial charge in [-0.1, -0.05) is 37.6 Å². The number of nitrogens with two attached hydrogens (primary N) is 1. The minimum atomic E-state index is -0.0149. The first-order valence-corrected chi connectivity index (χ1v) is 10.4. The Kier molecular flexibility index (Phi) is 7.08. The highest BCUT2D eigenvalue weighted by Gasteiger charge is 2.20. The van der Waals surface area contributed by atoms with Crippen molar-refractivity contribution < 1.29 is 0 Å². The molecule has 0 saturated carbocycles. The molecule has 0 bridgehead atoms. The van der Waals surface area contributed by atoms with Crippen LogP contribution < -0.4 is 10.6 Å². The van der Waals surface area contributed by atoms with Gasteiger partial charge in [0.15, 0.2) is 0 Å². The molecule has 3 rings (SSSR count). The molecule has 2 aromatic rings. The number of nitrogens with zero attached hydrogens (tertiary/aromatic N) is 3. The summed E-state index contributed by atoms with van der Waals surface area (Å²) in [6.45, 7) is 9.47. The van der Waals surface area contributed by atoms with Gasteiger partial charge in [-0.3, -0.25) is 4.90 Å². The van der Waals surface area contributed by atoms with Gasteiger partial charge in [-0.2, -0.15) is 5.26 Å². The van der Waals surface area contributed by atoms with Gasteiger partial charge in [-0.05, 0) is 54.7 Å². The van der Waals surface area contributed by atoms with Gasteiger partial charge in [0, 0.05) is 44.5 Å². The van der Waals surface area contributed by atoms with E-state index in [9.17, 15) is 0 Å². The maximum Gasteiger partial charge on any atom is 0.0991 e. The number of unbranched alkanes of at least 4 members (excludes halogenated alkanes) is 1. The molecule has 1 heterocycles. The molecule has 28 heavy (non-hydrogen) atoms. The highest BCUT2D eigenvalue weighted by molar-refractivity contribution is 5.55. The molecule has 148 valence electrons. The Balaban J connectivity index is 1.53. The van der Waals surface area contributed by atoms with Gasteiger partial charge >= 0.3 is 0 Å². The number of piperazine rings is 1. The average Bonchev–Trinajstić information content (AvgIpc) is 2.73. The number of rotatable bonds is 7. The van der Waals surface area contributed by atoms with Crippen LogP contribution in [0.1, 0.15) is 48.1 Å². The Hall–Kier alpha value is -2.35. The molecule has 0 spiro atoms. The number of anilines is 1. The number of aryl methyl sites for hydroxylation is 2. The molecule has 0 aliphatic carbocycles. The second-order valence-corrected chi connectivity index (χ2v) is 7.85. The van der Waals surface area contributed by atoms with E-state index >= 15 is 0 Å². The molecule has 1 saturated heterocycles. The van der Waals surface area contributed by atoms with E-state index in [4.69, 9.17) is 11.0 Å². The van der Waals surface area contributed by atoms with Gasteiger partial charge in [0.05, 0.1) is 11.6 Å². The van der Waals surface area contributed by atoms with Crippen molar-refractivity contribution in [1.29, 1.82) is 5.26 Å². The summed E-state index contributed by atoms with van der Waals surface area (Å²) in [5.41, 5.74) is 12.4. The molecule has 0 radical (unpaired) electrons. The summed E-state index contributed by atoms with van der Waals surface area (Å²) in [4.78, 5) is 4.95. The van der Waals surface area contributed by atoms with Crippen LogP contribution in [0.4, 0.5) is 5.69 Å². The fourth-order valence-corrected chi connectivity index (χ4v) is 3.97. The van der Waals surface area contributed by atoms with Gasteiger partial charge < -0.3 is 10.6 Å². The SMILES string of the molecule is CCCCc1ccc(N2CCN(CC(N)c3ccc(C#N)cc3)CC2)c(C)c1. The fraction of sp³-hybridized carbons (Fsp3) is 0.458. The van der Waals surface area contributed by atoms with Crippen molar-refractivity contribution in [3.63, 3.8) is 0 Å². The van der Waals surface area contributed by atoms with Crippen LogP contribution in [0.25, 0.3) is 0 Å². The first-order valence-electron chi connectivity index (χ1n) is 10.4. The van der Waals surface area contributed by atoms with E-state index in [2.05, 4.69) is 47.9 Å². The second-order valence-electron chi connectivity index (χ2n) is 7.85. The Labute approximate surface area is 169 Å². The third-order valence-corrected chi connectivity index (χ3v) is 5.72. The predicted octanol–water partition coefficient (Wildman–Crippen LogP) is 4.03. The van der Waals surface area contributed by atoms with Crippen LogP contribution in [0.3, 0.4) is 0 Å². The van der Waals surface area contributed by atoms with Crippen LogP contribution in [-0.2, 0) is 6.42 Å². The number of benzene rings is 2. The molecule has 0 aromatic heterocycles. The van der Waals surface area contributed by atoms with E-state index < -0.39 is 0 Å². The number of nitriles is 1. The van der Waals surface area contributed by atoms with Crippen LogP contribution in [0.5, 0.6) is 0 Å². The van der Waals surface area contributed by atoms with E-state index in [1.807, 2.05) is 24.3 Å². The molecule has 1 aliphatic heterocycles. The molecule has 4 heteroatoms. The lowest BCUT2D eigenvalue weighted by atomic mass is 10.0. The van der Waals surface area contributed by atoms with Gasteiger partial charge in [0.25, 0.3) is 0 Å². The maximum absolute atomic E-state index is 8.93.